The molecular formula is C20H17FN4O2S. The molecular weight excluding hydrogens is 379 g/mol. The van der Waals surface area contributed by atoms with Crippen LogP contribution in [0, 0.1) is 17.1 Å². The van der Waals surface area contributed by atoms with E-state index >= 15 is 0 Å². The minimum Gasteiger partial charge on any atom is -0.465 e. The molecule has 3 aromatic rings. The molecule has 0 spiro atoms. The maximum absolute atomic E-state index is 13.3. The molecule has 0 N–H and O–H groups in total. The van der Waals surface area contributed by atoms with Gasteiger partial charge in [0, 0.05) is 17.7 Å². The summed E-state index contributed by atoms with van der Waals surface area (Å²) in [5, 5.41) is 17.5. The highest BCUT2D eigenvalue weighted by atomic mass is 32.2. The number of ether oxygens (including phenoxy) is 1. The molecule has 0 aliphatic rings. The number of carbonyl (C=O) groups is 1. The Hall–Kier alpha value is -3.18. The van der Waals surface area contributed by atoms with Gasteiger partial charge in [0.25, 0.3) is 0 Å². The van der Waals surface area contributed by atoms with E-state index in [4.69, 9.17) is 10.00 Å². The van der Waals surface area contributed by atoms with E-state index in [1.165, 1.54) is 23.9 Å². The minimum absolute atomic E-state index is 0.0704. The van der Waals surface area contributed by atoms with Crippen LogP contribution in [-0.4, -0.2) is 33.1 Å². The van der Waals surface area contributed by atoms with Crippen molar-refractivity contribution in [1.29, 1.82) is 5.26 Å². The quantitative estimate of drug-likeness (QED) is 0.325. The lowest BCUT2D eigenvalue weighted by Gasteiger charge is -2.10. The number of nitriles is 1. The van der Waals surface area contributed by atoms with E-state index in [0.29, 0.717) is 29.4 Å². The number of halogens is 1. The second-order valence-corrected chi connectivity index (χ2v) is 6.70. The van der Waals surface area contributed by atoms with E-state index in [1.54, 1.807) is 12.1 Å². The summed E-state index contributed by atoms with van der Waals surface area (Å²) in [4.78, 5) is 11.9. The molecule has 28 heavy (non-hydrogen) atoms. The molecule has 0 saturated carbocycles. The van der Waals surface area contributed by atoms with Gasteiger partial charge in [0.15, 0.2) is 11.0 Å². The van der Waals surface area contributed by atoms with Crippen molar-refractivity contribution in [1.82, 2.24) is 14.8 Å². The zero-order chi connectivity index (χ0) is 19.8. The molecule has 0 amide bonds. The van der Waals surface area contributed by atoms with Gasteiger partial charge < -0.3 is 4.74 Å². The Kier molecular flexibility index (Phi) is 6.76. The fraction of sp³-hybridized carbons (Fsp3) is 0.200. The van der Waals surface area contributed by atoms with Gasteiger partial charge >= 0.3 is 5.97 Å². The molecule has 3 rings (SSSR count). The number of aromatic nitrogens is 3. The van der Waals surface area contributed by atoms with Gasteiger partial charge in [-0.15, -0.1) is 10.2 Å². The Bertz CT molecular complexity index is 968. The van der Waals surface area contributed by atoms with Crippen LogP contribution in [0.4, 0.5) is 4.39 Å². The first-order valence-corrected chi connectivity index (χ1v) is 9.60. The predicted molar refractivity (Wildman–Crippen MR) is 103 cm³/mol. The van der Waals surface area contributed by atoms with E-state index < -0.39 is 0 Å². The van der Waals surface area contributed by atoms with E-state index in [2.05, 4.69) is 10.2 Å². The fourth-order valence-electron chi connectivity index (χ4n) is 2.46. The number of carbonyl (C=O) groups excluding carboxylic acids is 1. The summed E-state index contributed by atoms with van der Waals surface area (Å²) in [5.74, 6) is -0.0887. The molecule has 0 aliphatic carbocycles. The van der Waals surface area contributed by atoms with Crippen LogP contribution in [0.15, 0.2) is 59.8 Å². The Labute approximate surface area is 166 Å². The van der Waals surface area contributed by atoms with Crippen molar-refractivity contribution < 1.29 is 13.9 Å². The SMILES string of the molecule is N#CCCCOC(=O)CSc1nnc(-c2ccc(F)cc2)n1-c1ccccc1. The molecule has 2 aromatic carbocycles. The molecule has 1 heterocycles. The number of benzene rings is 2. The highest BCUT2D eigenvalue weighted by Crippen LogP contribution is 2.28. The van der Waals surface area contributed by atoms with Gasteiger partial charge in [-0.1, -0.05) is 30.0 Å². The number of unbranched alkanes of at least 4 members (excludes halogenated alkanes) is 1. The van der Waals surface area contributed by atoms with Gasteiger partial charge in [0.2, 0.25) is 0 Å². The first kappa shape index (κ1) is 19.6. The summed E-state index contributed by atoms with van der Waals surface area (Å²) in [6.07, 6.45) is 0.867. The van der Waals surface area contributed by atoms with Gasteiger partial charge in [0.1, 0.15) is 5.82 Å². The summed E-state index contributed by atoms with van der Waals surface area (Å²) in [6, 6.07) is 17.5. The predicted octanol–water partition coefficient (Wildman–Crippen LogP) is 4.01. The molecule has 6 nitrogen and oxygen atoms in total. The zero-order valence-corrected chi connectivity index (χ0v) is 15.7. The highest BCUT2D eigenvalue weighted by Gasteiger charge is 2.17. The second-order valence-electron chi connectivity index (χ2n) is 5.75. The summed E-state index contributed by atoms with van der Waals surface area (Å²) in [6.45, 7) is 0.221. The third kappa shape index (κ3) is 4.96. The van der Waals surface area contributed by atoms with E-state index in [0.717, 1.165) is 5.69 Å². The zero-order valence-electron chi connectivity index (χ0n) is 14.9. The smallest absolute Gasteiger partial charge is 0.316 e. The van der Waals surface area contributed by atoms with Gasteiger partial charge in [0.05, 0.1) is 18.4 Å². The van der Waals surface area contributed by atoms with Crippen molar-refractivity contribution in [3.05, 3.63) is 60.4 Å². The molecule has 0 fully saturated rings. The topological polar surface area (TPSA) is 80.8 Å². The Morgan fingerprint density at radius 2 is 1.89 bits per heavy atom. The maximum Gasteiger partial charge on any atom is 0.316 e. The standard InChI is InChI=1S/C20H17FN4O2S/c21-16-10-8-15(9-11-16)19-23-24-20(25(19)17-6-2-1-3-7-17)28-14-18(26)27-13-5-4-12-22/h1-3,6-11H,4-5,13-14H2. The molecule has 0 radical (unpaired) electrons. The number of nitrogens with zero attached hydrogens (tertiary/aromatic N) is 4. The average molecular weight is 396 g/mol. The first-order chi connectivity index (χ1) is 13.7. The van der Waals surface area contributed by atoms with Crippen molar-refractivity contribution >= 4 is 17.7 Å². The van der Waals surface area contributed by atoms with Gasteiger partial charge in [-0.2, -0.15) is 5.26 Å². The Morgan fingerprint density at radius 3 is 2.61 bits per heavy atom. The van der Waals surface area contributed by atoms with Crippen molar-refractivity contribution in [3.63, 3.8) is 0 Å². The van der Waals surface area contributed by atoms with E-state index in [-0.39, 0.29) is 24.1 Å². The van der Waals surface area contributed by atoms with Crippen LogP contribution < -0.4 is 0 Å². The highest BCUT2D eigenvalue weighted by molar-refractivity contribution is 7.99. The summed E-state index contributed by atoms with van der Waals surface area (Å²) in [5.41, 5.74) is 1.54. The number of para-hydroxylation sites is 1. The average Bonchev–Trinajstić information content (AvgIpc) is 3.15. The van der Waals surface area contributed by atoms with Crippen LogP contribution in [0.2, 0.25) is 0 Å². The molecule has 142 valence electrons. The summed E-state index contributed by atoms with van der Waals surface area (Å²) in [7, 11) is 0. The van der Waals surface area contributed by atoms with Crippen molar-refractivity contribution in [3.8, 4) is 23.1 Å². The molecule has 0 aliphatic heterocycles. The third-order valence-electron chi connectivity index (χ3n) is 3.77. The van der Waals surface area contributed by atoms with Gasteiger partial charge in [-0.3, -0.25) is 9.36 Å². The summed E-state index contributed by atoms with van der Waals surface area (Å²) < 4.78 is 20.2. The van der Waals surface area contributed by atoms with Crippen molar-refractivity contribution in [2.75, 3.05) is 12.4 Å². The molecule has 0 atom stereocenters. The number of esters is 1. The fourth-order valence-corrected chi connectivity index (χ4v) is 3.21. The number of rotatable bonds is 8. The maximum atomic E-state index is 13.3. The monoisotopic (exact) mass is 396 g/mol. The molecule has 0 unspecified atom stereocenters. The number of hydrogen-bond acceptors (Lipinski definition) is 6. The van der Waals surface area contributed by atoms with Gasteiger partial charge in [-0.25, -0.2) is 4.39 Å². The van der Waals surface area contributed by atoms with Crippen molar-refractivity contribution in [2.45, 2.75) is 18.0 Å². The number of thioether (sulfide) groups is 1. The van der Waals surface area contributed by atoms with Crippen LogP contribution >= 0.6 is 11.8 Å². The van der Waals surface area contributed by atoms with Crippen LogP contribution in [0.1, 0.15) is 12.8 Å². The molecule has 0 bridgehead atoms. The third-order valence-corrected chi connectivity index (χ3v) is 4.67. The molecule has 1 aromatic heterocycles. The van der Waals surface area contributed by atoms with Crippen LogP contribution in [0.3, 0.4) is 0 Å². The lowest BCUT2D eigenvalue weighted by Crippen LogP contribution is -2.09. The van der Waals surface area contributed by atoms with Crippen LogP contribution in [0.5, 0.6) is 0 Å². The van der Waals surface area contributed by atoms with Crippen molar-refractivity contribution in [2.24, 2.45) is 0 Å². The van der Waals surface area contributed by atoms with E-state index in [1.807, 2.05) is 41.0 Å². The Morgan fingerprint density at radius 1 is 1.14 bits per heavy atom. The van der Waals surface area contributed by atoms with Crippen LogP contribution in [0.25, 0.3) is 17.1 Å². The summed E-state index contributed by atoms with van der Waals surface area (Å²) >= 11 is 1.21. The molecule has 0 saturated heterocycles. The minimum atomic E-state index is -0.381. The number of hydrogen-bond donors (Lipinski definition) is 0. The lowest BCUT2D eigenvalue weighted by molar-refractivity contribution is -0.140. The van der Waals surface area contributed by atoms with E-state index in [9.17, 15) is 9.18 Å². The van der Waals surface area contributed by atoms with Gasteiger partial charge in [-0.05, 0) is 42.8 Å². The first-order valence-electron chi connectivity index (χ1n) is 8.61. The lowest BCUT2D eigenvalue weighted by atomic mass is 10.2. The molecule has 8 heteroatoms. The largest absolute Gasteiger partial charge is 0.465 e. The van der Waals surface area contributed by atoms with Crippen LogP contribution in [-0.2, 0) is 9.53 Å². The second kappa shape index (κ2) is 9.67. The normalized spacial score (nSPS) is 10.4. The Balaban J connectivity index is 1.81.